The van der Waals surface area contributed by atoms with Crippen LogP contribution in [-0.4, -0.2) is 32.7 Å². The average Bonchev–Trinajstić information content (AvgIpc) is 2.99. The number of carboxylic acids is 1. The van der Waals surface area contributed by atoms with Crippen molar-refractivity contribution in [3.63, 3.8) is 0 Å². The topological polar surface area (TPSA) is 101 Å². The molecule has 1 aromatic carbocycles. The number of nitrogens with one attached hydrogen (secondary N) is 1. The lowest BCUT2D eigenvalue weighted by molar-refractivity contribution is 0.0699. The van der Waals surface area contributed by atoms with E-state index in [2.05, 4.69) is 25.0 Å². The Morgan fingerprint density at radius 3 is 2.95 bits per heavy atom. The molecule has 2 aromatic heterocycles. The summed E-state index contributed by atoms with van der Waals surface area (Å²) >= 11 is 0. The SMILES string of the molecule is O=C(O)c1cccc2nc(NCCc3ncon3)ccc12. The van der Waals surface area contributed by atoms with Crippen molar-refractivity contribution in [1.82, 2.24) is 15.1 Å². The summed E-state index contributed by atoms with van der Waals surface area (Å²) in [6.45, 7) is 0.608. The summed E-state index contributed by atoms with van der Waals surface area (Å²) in [5.41, 5.74) is 0.887. The molecule has 0 amide bonds. The van der Waals surface area contributed by atoms with E-state index in [0.717, 1.165) is 0 Å². The monoisotopic (exact) mass is 284 g/mol. The Kier molecular flexibility index (Phi) is 3.46. The van der Waals surface area contributed by atoms with Gasteiger partial charge in [-0.2, -0.15) is 4.98 Å². The van der Waals surface area contributed by atoms with Gasteiger partial charge in [-0.25, -0.2) is 9.78 Å². The quantitative estimate of drug-likeness (QED) is 0.738. The molecule has 0 aliphatic rings. The zero-order chi connectivity index (χ0) is 14.7. The molecule has 2 heterocycles. The lowest BCUT2D eigenvalue weighted by atomic mass is 10.1. The third-order valence-corrected chi connectivity index (χ3v) is 3.02. The summed E-state index contributed by atoms with van der Waals surface area (Å²) in [5.74, 6) is 0.338. The number of hydrogen-bond donors (Lipinski definition) is 2. The third-order valence-electron chi connectivity index (χ3n) is 3.02. The van der Waals surface area contributed by atoms with Gasteiger partial charge in [0.1, 0.15) is 5.82 Å². The van der Waals surface area contributed by atoms with Crippen LogP contribution in [0.1, 0.15) is 16.2 Å². The Balaban J connectivity index is 1.76. The van der Waals surface area contributed by atoms with Crippen LogP contribution in [0, 0.1) is 0 Å². The second-order valence-corrected chi connectivity index (χ2v) is 4.40. The van der Waals surface area contributed by atoms with Gasteiger partial charge in [0.05, 0.1) is 11.1 Å². The number of fused-ring (bicyclic) bond motifs is 1. The van der Waals surface area contributed by atoms with Crippen molar-refractivity contribution in [1.29, 1.82) is 0 Å². The van der Waals surface area contributed by atoms with Crippen molar-refractivity contribution < 1.29 is 14.4 Å². The predicted molar refractivity (Wildman–Crippen MR) is 75.2 cm³/mol. The van der Waals surface area contributed by atoms with E-state index in [9.17, 15) is 4.79 Å². The summed E-state index contributed by atoms with van der Waals surface area (Å²) in [5, 5.41) is 16.6. The minimum absolute atomic E-state index is 0.248. The summed E-state index contributed by atoms with van der Waals surface area (Å²) < 4.78 is 4.65. The van der Waals surface area contributed by atoms with Crippen LogP contribution < -0.4 is 5.32 Å². The van der Waals surface area contributed by atoms with Crippen LogP contribution in [0.15, 0.2) is 41.2 Å². The van der Waals surface area contributed by atoms with Crippen LogP contribution >= 0.6 is 0 Å². The van der Waals surface area contributed by atoms with Gasteiger partial charge in [0, 0.05) is 18.4 Å². The predicted octanol–water partition coefficient (Wildman–Crippen LogP) is 1.97. The lowest BCUT2D eigenvalue weighted by Gasteiger charge is -2.06. The molecule has 0 atom stereocenters. The largest absolute Gasteiger partial charge is 0.478 e. The highest BCUT2D eigenvalue weighted by Gasteiger charge is 2.09. The molecule has 7 nitrogen and oxygen atoms in total. The highest BCUT2D eigenvalue weighted by Crippen LogP contribution is 2.19. The summed E-state index contributed by atoms with van der Waals surface area (Å²) in [6, 6.07) is 8.54. The normalized spacial score (nSPS) is 10.7. The molecule has 7 heteroatoms. The third kappa shape index (κ3) is 2.81. The molecule has 0 aliphatic heterocycles. The van der Waals surface area contributed by atoms with Crippen molar-refractivity contribution in [2.45, 2.75) is 6.42 Å². The molecule has 0 saturated carbocycles. The minimum atomic E-state index is -0.958. The fourth-order valence-corrected chi connectivity index (χ4v) is 2.04. The van der Waals surface area contributed by atoms with Crippen LogP contribution in [0.4, 0.5) is 5.82 Å². The highest BCUT2D eigenvalue weighted by atomic mass is 16.5. The van der Waals surface area contributed by atoms with Crippen LogP contribution in [0.5, 0.6) is 0 Å². The molecule has 0 aliphatic carbocycles. The average molecular weight is 284 g/mol. The number of carbonyl (C=O) groups is 1. The van der Waals surface area contributed by atoms with Gasteiger partial charge in [0.25, 0.3) is 0 Å². The van der Waals surface area contributed by atoms with Gasteiger partial charge in [0.2, 0.25) is 6.39 Å². The summed E-state index contributed by atoms with van der Waals surface area (Å²) in [4.78, 5) is 19.5. The van der Waals surface area contributed by atoms with Gasteiger partial charge in [-0.15, -0.1) is 0 Å². The van der Waals surface area contributed by atoms with Gasteiger partial charge in [-0.1, -0.05) is 11.2 Å². The molecule has 3 aromatic rings. The molecule has 0 bridgehead atoms. The maximum Gasteiger partial charge on any atom is 0.336 e. The number of aromatic carboxylic acids is 1. The molecular weight excluding hydrogens is 272 g/mol. The Morgan fingerprint density at radius 1 is 1.29 bits per heavy atom. The van der Waals surface area contributed by atoms with Crippen molar-refractivity contribution in [3.8, 4) is 0 Å². The number of rotatable bonds is 5. The van der Waals surface area contributed by atoms with E-state index >= 15 is 0 Å². The van der Waals surface area contributed by atoms with Crippen LogP contribution in [0.25, 0.3) is 10.9 Å². The Labute approximate surface area is 119 Å². The second kappa shape index (κ2) is 5.58. The number of benzene rings is 1. The maximum absolute atomic E-state index is 11.1. The molecular formula is C14H12N4O3. The number of anilines is 1. The van der Waals surface area contributed by atoms with E-state index in [0.29, 0.717) is 35.5 Å². The number of pyridine rings is 1. The molecule has 3 rings (SSSR count). The smallest absolute Gasteiger partial charge is 0.336 e. The fraction of sp³-hybridized carbons (Fsp3) is 0.143. The molecule has 21 heavy (non-hydrogen) atoms. The van der Waals surface area contributed by atoms with E-state index in [1.54, 1.807) is 30.3 Å². The van der Waals surface area contributed by atoms with Gasteiger partial charge >= 0.3 is 5.97 Å². The standard InChI is InChI=1S/C14H12N4O3/c19-14(20)10-2-1-3-11-9(10)4-5-12(17-11)15-7-6-13-16-8-21-18-13/h1-5,8H,6-7H2,(H,15,17)(H,19,20). The van der Waals surface area contributed by atoms with E-state index < -0.39 is 5.97 Å². The molecule has 0 saturated heterocycles. The van der Waals surface area contributed by atoms with Crippen molar-refractivity contribution in [2.24, 2.45) is 0 Å². The molecule has 106 valence electrons. The highest BCUT2D eigenvalue weighted by molar-refractivity contribution is 6.02. The van der Waals surface area contributed by atoms with Crippen LogP contribution in [-0.2, 0) is 6.42 Å². The number of aromatic nitrogens is 3. The molecule has 0 radical (unpaired) electrons. The van der Waals surface area contributed by atoms with E-state index in [1.165, 1.54) is 6.39 Å². The number of hydrogen-bond acceptors (Lipinski definition) is 6. The number of nitrogens with zero attached hydrogens (tertiary/aromatic N) is 3. The van der Waals surface area contributed by atoms with Crippen LogP contribution in [0.3, 0.4) is 0 Å². The van der Waals surface area contributed by atoms with Crippen LogP contribution in [0.2, 0.25) is 0 Å². The molecule has 2 N–H and O–H groups in total. The van der Waals surface area contributed by atoms with Gasteiger partial charge in [-0.3, -0.25) is 0 Å². The summed E-state index contributed by atoms with van der Waals surface area (Å²) in [7, 11) is 0. The van der Waals surface area contributed by atoms with E-state index in [-0.39, 0.29) is 5.56 Å². The van der Waals surface area contributed by atoms with Gasteiger partial charge in [-0.05, 0) is 24.3 Å². The van der Waals surface area contributed by atoms with Gasteiger partial charge < -0.3 is 14.9 Å². The summed E-state index contributed by atoms with van der Waals surface area (Å²) in [6.07, 6.45) is 1.91. The fourth-order valence-electron chi connectivity index (χ4n) is 2.04. The zero-order valence-corrected chi connectivity index (χ0v) is 11.0. The van der Waals surface area contributed by atoms with Crippen molar-refractivity contribution >= 4 is 22.7 Å². The first-order valence-corrected chi connectivity index (χ1v) is 6.36. The van der Waals surface area contributed by atoms with E-state index in [1.807, 2.05) is 0 Å². The Hall–Kier alpha value is -2.96. The molecule has 0 unspecified atom stereocenters. The van der Waals surface area contributed by atoms with Crippen molar-refractivity contribution in [2.75, 3.05) is 11.9 Å². The maximum atomic E-state index is 11.1. The van der Waals surface area contributed by atoms with E-state index in [4.69, 9.17) is 5.11 Å². The Bertz CT molecular complexity index is 771. The zero-order valence-electron chi connectivity index (χ0n) is 11.0. The molecule has 0 fully saturated rings. The minimum Gasteiger partial charge on any atom is -0.478 e. The first kappa shape index (κ1) is 13.0. The van der Waals surface area contributed by atoms with Gasteiger partial charge in [0.15, 0.2) is 5.82 Å². The molecule has 0 spiro atoms. The van der Waals surface area contributed by atoms with Crippen molar-refractivity contribution in [3.05, 3.63) is 48.1 Å². The lowest BCUT2D eigenvalue weighted by Crippen LogP contribution is -2.07. The number of carboxylic acid groups (broad SMARTS) is 1. The Morgan fingerprint density at radius 2 is 2.19 bits per heavy atom. The first-order chi connectivity index (χ1) is 10.2. The first-order valence-electron chi connectivity index (χ1n) is 6.36. The second-order valence-electron chi connectivity index (χ2n) is 4.40.